The molecule has 0 spiro atoms. The van der Waals surface area contributed by atoms with Crippen molar-refractivity contribution in [2.75, 3.05) is 16.9 Å². The molecule has 0 radical (unpaired) electrons. The first-order valence-corrected chi connectivity index (χ1v) is 17.2. The fourth-order valence-electron chi connectivity index (χ4n) is 4.29. The zero-order chi connectivity index (χ0) is 35.3. The van der Waals surface area contributed by atoms with E-state index in [1.807, 2.05) is 0 Å². The third kappa shape index (κ3) is 8.01. The number of alkyl carbamates (subject to hydrolysis) is 1. The van der Waals surface area contributed by atoms with Crippen LogP contribution in [0.15, 0.2) is 45.8 Å². The Labute approximate surface area is 267 Å². The van der Waals surface area contributed by atoms with E-state index >= 15 is 4.39 Å². The second kappa shape index (κ2) is 12.1. The minimum atomic E-state index is -4.97. The van der Waals surface area contributed by atoms with Crippen LogP contribution in [0.3, 0.4) is 0 Å². The Morgan fingerprint density at radius 1 is 1.11 bits per heavy atom. The highest BCUT2D eigenvalue weighted by Crippen LogP contribution is 2.38. The van der Waals surface area contributed by atoms with Gasteiger partial charge >= 0.3 is 12.5 Å². The van der Waals surface area contributed by atoms with Gasteiger partial charge in [0.15, 0.2) is 19.7 Å². The number of carbonyl (C=O) groups is 2. The molecule has 19 heteroatoms. The molecule has 0 fully saturated rings. The number of aromatic nitrogens is 2. The van der Waals surface area contributed by atoms with Crippen LogP contribution in [0, 0.1) is 5.82 Å². The van der Waals surface area contributed by atoms with Gasteiger partial charge in [-0.2, -0.15) is 4.98 Å². The highest BCUT2D eigenvalue weighted by molar-refractivity contribution is 7.92. The molecule has 0 saturated carbocycles. The molecular weight excluding hydrogens is 676 g/mol. The fraction of sp³-hybridized carbons (Fsp3) is 0.429. The number of amides is 2. The lowest BCUT2D eigenvalue weighted by molar-refractivity contribution is -0.274. The number of anilines is 1. The Morgan fingerprint density at radius 3 is 2.28 bits per heavy atom. The number of fused-ring (bicyclic) bond motifs is 1. The lowest BCUT2D eigenvalue weighted by atomic mass is 10.1. The van der Waals surface area contributed by atoms with Gasteiger partial charge in [0.1, 0.15) is 28.0 Å². The lowest BCUT2D eigenvalue weighted by Crippen LogP contribution is -2.51. The molecule has 2 amide bonds. The summed E-state index contributed by atoms with van der Waals surface area (Å²) >= 11 is 0. The Kier molecular flexibility index (Phi) is 9.15. The molecule has 0 aliphatic carbocycles. The summed E-state index contributed by atoms with van der Waals surface area (Å²) in [5.74, 6) is -4.59. The first-order chi connectivity index (χ1) is 21.4. The van der Waals surface area contributed by atoms with Crippen LogP contribution in [0.2, 0.25) is 0 Å². The molecule has 47 heavy (non-hydrogen) atoms. The van der Waals surface area contributed by atoms with E-state index in [0.717, 1.165) is 29.4 Å². The SMILES string of the molecule is CC(C)(C)OC(=O)N[C@H]1CS(=O)(=O)c2cc(F)c(-c3noc(C(C)(C)S(C)(=O)=O)n3)cc2N(Cc2ccc(OC(F)(F)F)cc2)C1=O. The number of carbonyl (C=O) groups excluding carboxylic acids is 2. The molecule has 1 aliphatic rings. The highest BCUT2D eigenvalue weighted by Gasteiger charge is 2.42. The number of alkyl halides is 3. The summed E-state index contributed by atoms with van der Waals surface area (Å²) < 4.78 is 118. The zero-order valence-corrected chi connectivity index (χ0v) is 27.4. The number of rotatable bonds is 7. The Hall–Kier alpha value is -4.26. The predicted octanol–water partition coefficient (Wildman–Crippen LogP) is 4.27. The van der Waals surface area contributed by atoms with Gasteiger partial charge in [0.05, 0.1) is 28.4 Å². The van der Waals surface area contributed by atoms with Gasteiger partial charge in [-0.05, 0) is 64.4 Å². The van der Waals surface area contributed by atoms with Gasteiger partial charge in [-0.1, -0.05) is 17.3 Å². The average Bonchev–Trinajstić information content (AvgIpc) is 3.38. The molecule has 13 nitrogen and oxygen atoms in total. The number of hydrogen-bond acceptors (Lipinski definition) is 11. The van der Waals surface area contributed by atoms with Gasteiger partial charge in [0.25, 0.3) is 5.91 Å². The Balaban J connectivity index is 1.85. The van der Waals surface area contributed by atoms with Gasteiger partial charge in [0, 0.05) is 6.26 Å². The summed E-state index contributed by atoms with van der Waals surface area (Å²) in [7, 11) is -8.32. The van der Waals surface area contributed by atoms with Gasteiger partial charge in [-0.3, -0.25) is 4.79 Å². The number of nitrogens with zero attached hydrogens (tertiary/aromatic N) is 3. The summed E-state index contributed by atoms with van der Waals surface area (Å²) in [6.07, 6.45) is -5.16. The third-order valence-corrected chi connectivity index (χ3v) is 10.7. The molecule has 256 valence electrons. The number of nitrogens with one attached hydrogen (secondary N) is 1. The lowest BCUT2D eigenvalue weighted by Gasteiger charge is -2.27. The van der Waals surface area contributed by atoms with Gasteiger partial charge < -0.3 is 24.2 Å². The number of ether oxygens (including phenoxy) is 2. The number of halogens is 4. The molecule has 0 saturated heterocycles. The number of hydrogen-bond donors (Lipinski definition) is 1. The first-order valence-electron chi connectivity index (χ1n) is 13.6. The molecule has 0 unspecified atom stereocenters. The van der Waals surface area contributed by atoms with E-state index in [0.29, 0.717) is 6.07 Å². The van der Waals surface area contributed by atoms with Gasteiger partial charge in [-0.15, -0.1) is 13.2 Å². The maximum Gasteiger partial charge on any atom is 0.573 e. The monoisotopic (exact) mass is 706 g/mol. The molecule has 1 N–H and O–H groups in total. The molecule has 2 heterocycles. The van der Waals surface area contributed by atoms with Crippen molar-refractivity contribution in [2.45, 2.75) is 68.8 Å². The van der Waals surface area contributed by atoms with E-state index in [1.165, 1.54) is 46.8 Å². The predicted molar refractivity (Wildman–Crippen MR) is 157 cm³/mol. The van der Waals surface area contributed by atoms with Crippen LogP contribution < -0.4 is 15.0 Å². The van der Waals surface area contributed by atoms with Crippen molar-refractivity contribution < 1.29 is 58.0 Å². The average molecular weight is 707 g/mol. The van der Waals surface area contributed by atoms with Crippen molar-refractivity contribution in [3.05, 3.63) is 53.7 Å². The summed E-state index contributed by atoms with van der Waals surface area (Å²) in [5.41, 5.74) is -1.68. The van der Waals surface area contributed by atoms with E-state index in [2.05, 4.69) is 20.2 Å². The van der Waals surface area contributed by atoms with Crippen LogP contribution >= 0.6 is 0 Å². The normalized spacial score (nSPS) is 17.1. The van der Waals surface area contributed by atoms with E-state index in [1.54, 1.807) is 0 Å². The van der Waals surface area contributed by atoms with Crippen molar-refractivity contribution in [3.63, 3.8) is 0 Å². The molecule has 3 aromatic rings. The van der Waals surface area contributed by atoms with Crippen molar-refractivity contribution in [1.29, 1.82) is 0 Å². The molecule has 0 bridgehead atoms. The molecular formula is C28H30F4N4O9S2. The number of benzene rings is 2. The Morgan fingerprint density at radius 2 is 1.72 bits per heavy atom. The van der Waals surface area contributed by atoms with Crippen molar-refractivity contribution >= 4 is 37.4 Å². The summed E-state index contributed by atoms with van der Waals surface area (Å²) in [6.45, 7) is 6.71. The van der Waals surface area contributed by atoms with Crippen LogP contribution in [0.5, 0.6) is 5.75 Å². The van der Waals surface area contributed by atoms with E-state index in [4.69, 9.17) is 9.26 Å². The maximum absolute atomic E-state index is 15.6. The topological polar surface area (TPSA) is 175 Å². The molecule has 1 atom stereocenters. The van der Waals surface area contributed by atoms with Gasteiger partial charge in [0.2, 0.25) is 11.7 Å². The van der Waals surface area contributed by atoms with E-state index in [9.17, 15) is 39.6 Å². The number of sulfone groups is 2. The standard InChI is InChI=1S/C28H30F4N4O9S2/c1-26(2,3)44-25(38)33-19-14-47(41,42)21-12-18(29)17(22-34-24(45-35-22)27(4,5)46(6,39)40)11-20(21)36(23(19)37)13-15-7-9-16(10-8-15)43-28(30,31)32/h7-12,19H,13-14H2,1-6H3,(H,33,38)/t19-/m0/s1. The van der Waals surface area contributed by atoms with E-state index in [-0.39, 0.29) is 11.3 Å². The van der Waals surface area contributed by atoms with Crippen molar-refractivity contribution in [2.24, 2.45) is 0 Å². The highest BCUT2D eigenvalue weighted by atomic mass is 32.2. The third-order valence-electron chi connectivity index (χ3n) is 6.92. The molecule has 4 rings (SSSR count). The Bertz CT molecular complexity index is 1920. The second-order valence-electron chi connectivity index (χ2n) is 12.1. The van der Waals surface area contributed by atoms with Crippen LogP contribution in [0.1, 0.15) is 46.1 Å². The minimum Gasteiger partial charge on any atom is -0.444 e. The van der Waals surface area contributed by atoms with Crippen LogP contribution in [-0.4, -0.2) is 69.0 Å². The maximum atomic E-state index is 15.6. The largest absolute Gasteiger partial charge is 0.573 e. The second-order valence-corrected chi connectivity index (χ2v) is 16.7. The molecule has 1 aromatic heterocycles. The summed E-state index contributed by atoms with van der Waals surface area (Å²) in [4.78, 5) is 30.8. The van der Waals surface area contributed by atoms with Crippen LogP contribution in [0.25, 0.3) is 11.4 Å². The molecule has 2 aromatic carbocycles. The van der Waals surface area contributed by atoms with Gasteiger partial charge in [-0.25, -0.2) is 26.0 Å². The smallest absolute Gasteiger partial charge is 0.444 e. The zero-order valence-electron chi connectivity index (χ0n) is 25.8. The minimum absolute atomic E-state index is 0.191. The van der Waals surface area contributed by atoms with Crippen molar-refractivity contribution in [1.82, 2.24) is 15.5 Å². The van der Waals surface area contributed by atoms with Crippen molar-refractivity contribution in [3.8, 4) is 17.1 Å². The van der Waals surface area contributed by atoms with Crippen LogP contribution in [0.4, 0.5) is 28.0 Å². The fourth-order valence-corrected chi connectivity index (χ4v) is 6.31. The summed E-state index contributed by atoms with van der Waals surface area (Å²) in [5, 5.41) is 5.90. The first kappa shape index (κ1) is 35.6. The van der Waals surface area contributed by atoms with E-state index < -0.39 is 100 Å². The molecule has 1 aliphatic heterocycles. The van der Waals surface area contributed by atoms with Crippen LogP contribution in [-0.2, 0) is 40.5 Å². The summed E-state index contributed by atoms with van der Waals surface area (Å²) in [6, 6.07) is 4.14. The quantitative estimate of drug-likeness (QED) is 0.348.